The molecule has 7 heteroatoms. The SMILES string of the molecule is C=CCOC(=O)[C@H](N)CS(=O)(=O)O. The van der Waals surface area contributed by atoms with Crippen molar-refractivity contribution < 1.29 is 22.5 Å². The van der Waals surface area contributed by atoms with Crippen molar-refractivity contribution in [2.75, 3.05) is 12.4 Å². The first-order valence-electron chi connectivity index (χ1n) is 3.35. The Morgan fingerprint density at radius 3 is 2.62 bits per heavy atom. The summed E-state index contributed by atoms with van der Waals surface area (Å²) in [4.78, 5) is 10.8. The highest BCUT2D eigenvalue weighted by atomic mass is 32.2. The number of hydrogen-bond donors (Lipinski definition) is 2. The van der Waals surface area contributed by atoms with E-state index in [9.17, 15) is 13.2 Å². The van der Waals surface area contributed by atoms with E-state index in [1.165, 1.54) is 6.08 Å². The van der Waals surface area contributed by atoms with E-state index in [1.54, 1.807) is 0 Å². The van der Waals surface area contributed by atoms with Crippen LogP contribution in [-0.4, -0.2) is 37.3 Å². The molecule has 0 bridgehead atoms. The lowest BCUT2D eigenvalue weighted by molar-refractivity contribution is -0.143. The molecule has 0 aliphatic rings. The average Bonchev–Trinajstić information content (AvgIpc) is 1.96. The minimum atomic E-state index is -4.25. The van der Waals surface area contributed by atoms with E-state index in [0.29, 0.717) is 0 Å². The van der Waals surface area contributed by atoms with Gasteiger partial charge in [-0.05, 0) is 0 Å². The largest absolute Gasteiger partial charge is 0.460 e. The summed E-state index contributed by atoms with van der Waals surface area (Å²) >= 11 is 0. The second kappa shape index (κ2) is 4.95. The smallest absolute Gasteiger partial charge is 0.324 e. The van der Waals surface area contributed by atoms with Crippen LogP contribution in [0.1, 0.15) is 0 Å². The minimum absolute atomic E-state index is 0.0436. The Balaban J connectivity index is 4.04. The minimum Gasteiger partial charge on any atom is -0.460 e. The lowest BCUT2D eigenvalue weighted by Gasteiger charge is -2.07. The van der Waals surface area contributed by atoms with Crippen molar-refractivity contribution in [3.05, 3.63) is 12.7 Å². The van der Waals surface area contributed by atoms with Gasteiger partial charge in [-0.1, -0.05) is 12.7 Å². The van der Waals surface area contributed by atoms with E-state index in [2.05, 4.69) is 11.3 Å². The van der Waals surface area contributed by atoms with Crippen molar-refractivity contribution >= 4 is 16.1 Å². The van der Waals surface area contributed by atoms with Gasteiger partial charge in [-0.25, -0.2) is 0 Å². The molecule has 0 amide bonds. The van der Waals surface area contributed by atoms with Crippen LogP contribution >= 0.6 is 0 Å². The van der Waals surface area contributed by atoms with Gasteiger partial charge in [0.25, 0.3) is 10.1 Å². The molecule has 0 aromatic rings. The highest BCUT2D eigenvalue weighted by molar-refractivity contribution is 7.85. The van der Waals surface area contributed by atoms with Gasteiger partial charge < -0.3 is 10.5 Å². The summed E-state index contributed by atoms with van der Waals surface area (Å²) in [6.45, 7) is 3.24. The van der Waals surface area contributed by atoms with E-state index in [-0.39, 0.29) is 6.61 Å². The Hall–Kier alpha value is -0.920. The Morgan fingerprint density at radius 1 is 1.69 bits per heavy atom. The van der Waals surface area contributed by atoms with E-state index >= 15 is 0 Å². The lowest BCUT2D eigenvalue weighted by atomic mass is 10.4. The summed E-state index contributed by atoms with van der Waals surface area (Å²) in [5.74, 6) is -1.74. The first-order valence-corrected chi connectivity index (χ1v) is 4.96. The highest BCUT2D eigenvalue weighted by Crippen LogP contribution is 1.91. The fourth-order valence-electron chi connectivity index (χ4n) is 0.543. The van der Waals surface area contributed by atoms with Crippen LogP contribution in [0.3, 0.4) is 0 Å². The highest BCUT2D eigenvalue weighted by Gasteiger charge is 2.20. The predicted molar refractivity (Wildman–Crippen MR) is 45.5 cm³/mol. The number of ether oxygens (including phenoxy) is 1. The molecule has 6 nitrogen and oxygen atoms in total. The third-order valence-electron chi connectivity index (χ3n) is 1.04. The van der Waals surface area contributed by atoms with Gasteiger partial charge in [0, 0.05) is 0 Å². The summed E-state index contributed by atoms with van der Waals surface area (Å²) in [6.07, 6.45) is 1.32. The van der Waals surface area contributed by atoms with Crippen LogP contribution in [0.15, 0.2) is 12.7 Å². The first kappa shape index (κ1) is 12.1. The topological polar surface area (TPSA) is 107 Å². The van der Waals surface area contributed by atoms with Crippen molar-refractivity contribution in [2.24, 2.45) is 5.73 Å². The van der Waals surface area contributed by atoms with Crippen molar-refractivity contribution in [1.82, 2.24) is 0 Å². The molecule has 0 radical (unpaired) electrons. The molecule has 0 saturated heterocycles. The maximum atomic E-state index is 10.8. The maximum absolute atomic E-state index is 10.8. The summed E-state index contributed by atoms with van der Waals surface area (Å²) in [5, 5.41) is 0. The number of hydrogen-bond acceptors (Lipinski definition) is 5. The van der Waals surface area contributed by atoms with Crippen LogP contribution in [0.4, 0.5) is 0 Å². The van der Waals surface area contributed by atoms with Crippen LogP contribution in [0.2, 0.25) is 0 Å². The van der Waals surface area contributed by atoms with Crippen LogP contribution in [0.25, 0.3) is 0 Å². The lowest BCUT2D eigenvalue weighted by Crippen LogP contribution is -2.38. The molecule has 0 fully saturated rings. The monoisotopic (exact) mass is 209 g/mol. The molecular weight excluding hydrogens is 198 g/mol. The van der Waals surface area contributed by atoms with Gasteiger partial charge in [-0.2, -0.15) is 8.42 Å². The molecule has 0 heterocycles. The van der Waals surface area contributed by atoms with E-state index < -0.39 is 27.9 Å². The van der Waals surface area contributed by atoms with E-state index in [1.807, 2.05) is 0 Å². The number of carbonyl (C=O) groups is 1. The number of carbonyl (C=O) groups excluding carboxylic acids is 1. The Labute approximate surface area is 76.1 Å². The normalized spacial score (nSPS) is 13.4. The van der Waals surface area contributed by atoms with Crippen molar-refractivity contribution in [2.45, 2.75) is 6.04 Å². The Morgan fingerprint density at radius 2 is 2.23 bits per heavy atom. The first-order chi connectivity index (χ1) is 5.87. The quantitative estimate of drug-likeness (QED) is 0.339. The maximum Gasteiger partial charge on any atom is 0.324 e. The molecule has 1 atom stereocenters. The molecule has 0 aromatic carbocycles. The third kappa shape index (κ3) is 6.26. The van der Waals surface area contributed by atoms with Gasteiger partial charge in [0.2, 0.25) is 0 Å². The van der Waals surface area contributed by atoms with Crippen LogP contribution in [0, 0.1) is 0 Å². The van der Waals surface area contributed by atoms with Gasteiger partial charge in [-0.3, -0.25) is 9.35 Å². The van der Waals surface area contributed by atoms with Crippen molar-refractivity contribution in [1.29, 1.82) is 0 Å². The second-order valence-electron chi connectivity index (χ2n) is 2.27. The van der Waals surface area contributed by atoms with Gasteiger partial charge in [0.05, 0.1) is 0 Å². The van der Waals surface area contributed by atoms with E-state index in [0.717, 1.165) is 0 Å². The van der Waals surface area contributed by atoms with Crippen LogP contribution in [0.5, 0.6) is 0 Å². The van der Waals surface area contributed by atoms with Gasteiger partial charge in [0.1, 0.15) is 18.4 Å². The molecule has 0 unspecified atom stereocenters. The fraction of sp³-hybridized carbons (Fsp3) is 0.500. The molecule has 0 saturated carbocycles. The number of rotatable bonds is 5. The summed E-state index contributed by atoms with van der Waals surface area (Å²) in [6, 6.07) is -1.37. The summed E-state index contributed by atoms with van der Waals surface area (Å²) in [7, 11) is -4.25. The molecule has 13 heavy (non-hydrogen) atoms. The molecule has 76 valence electrons. The van der Waals surface area contributed by atoms with Gasteiger partial charge in [0.15, 0.2) is 0 Å². The molecule has 3 N–H and O–H groups in total. The molecule has 0 spiro atoms. The van der Waals surface area contributed by atoms with Crippen LogP contribution < -0.4 is 5.73 Å². The number of nitrogens with two attached hydrogens (primary N) is 1. The zero-order valence-electron chi connectivity index (χ0n) is 6.84. The third-order valence-corrected chi connectivity index (χ3v) is 1.82. The molecule has 0 aliphatic carbocycles. The number of esters is 1. The van der Waals surface area contributed by atoms with Crippen molar-refractivity contribution in [3.63, 3.8) is 0 Å². The summed E-state index contributed by atoms with van der Waals surface area (Å²) in [5.41, 5.74) is 5.10. The Bertz CT molecular complexity index is 283. The Kier molecular flexibility index (Phi) is 4.60. The molecular formula is C6H11NO5S. The standard InChI is InChI=1S/C6H11NO5S/c1-2-3-12-6(8)5(7)4-13(9,10)11/h2,5H,1,3-4,7H2,(H,9,10,11)/t5-/m1/s1. The van der Waals surface area contributed by atoms with Gasteiger partial charge in [-0.15, -0.1) is 0 Å². The van der Waals surface area contributed by atoms with Crippen molar-refractivity contribution in [3.8, 4) is 0 Å². The second-order valence-corrected chi connectivity index (χ2v) is 3.77. The molecule has 0 rings (SSSR count). The van der Waals surface area contributed by atoms with Crippen LogP contribution in [-0.2, 0) is 19.6 Å². The van der Waals surface area contributed by atoms with Gasteiger partial charge >= 0.3 is 5.97 Å². The fourth-order valence-corrected chi connectivity index (χ4v) is 1.13. The zero-order chi connectivity index (χ0) is 10.5. The zero-order valence-corrected chi connectivity index (χ0v) is 7.66. The average molecular weight is 209 g/mol. The predicted octanol–water partition coefficient (Wildman–Crippen LogP) is -1.07. The van der Waals surface area contributed by atoms with E-state index in [4.69, 9.17) is 10.3 Å². The summed E-state index contributed by atoms with van der Waals surface area (Å²) < 4.78 is 33.3. The molecule has 0 aromatic heterocycles. The molecule has 0 aliphatic heterocycles.